The molecule has 10 heteroatoms. The zero-order valence-corrected chi connectivity index (χ0v) is 22.1. The molecule has 0 aliphatic carbocycles. The Morgan fingerprint density at radius 1 is 1.11 bits per heavy atom. The smallest absolute Gasteiger partial charge is 0.422 e. The molecule has 0 spiro atoms. The fourth-order valence-corrected chi connectivity index (χ4v) is 4.50. The van der Waals surface area contributed by atoms with Crippen LogP contribution in [-0.2, 0) is 17.6 Å². The first-order chi connectivity index (χ1) is 18.1. The minimum Gasteiger partial charge on any atom is -0.488 e. The predicted molar refractivity (Wildman–Crippen MR) is 140 cm³/mol. The van der Waals surface area contributed by atoms with Crippen LogP contribution < -0.4 is 25.0 Å². The number of carbonyl (C=O) groups is 2. The van der Waals surface area contributed by atoms with Crippen LogP contribution in [-0.4, -0.2) is 56.9 Å². The Morgan fingerprint density at radius 2 is 1.82 bits per heavy atom. The number of hydrogen-bond acceptors (Lipinski definition) is 5. The lowest BCUT2D eigenvalue weighted by atomic mass is 9.98. The summed E-state index contributed by atoms with van der Waals surface area (Å²) >= 11 is 0. The van der Waals surface area contributed by atoms with Gasteiger partial charge in [-0.3, -0.25) is 9.59 Å². The predicted octanol–water partition coefficient (Wildman–Crippen LogP) is 4.67. The highest BCUT2D eigenvalue weighted by atomic mass is 19.4. The van der Waals surface area contributed by atoms with Crippen LogP contribution in [0.15, 0.2) is 36.4 Å². The number of para-hydroxylation sites is 2. The summed E-state index contributed by atoms with van der Waals surface area (Å²) in [5.74, 6) is 0.131. The van der Waals surface area contributed by atoms with Crippen LogP contribution in [0.5, 0.6) is 11.5 Å². The highest BCUT2D eigenvalue weighted by Crippen LogP contribution is 2.34. The van der Waals surface area contributed by atoms with Crippen LogP contribution in [0.1, 0.15) is 55.1 Å². The van der Waals surface area contributed by atoms with Crippen LogP contribution in [0.4, 0.5) is 18.9 Å². The molecule has 0 saturated heterocycles. The number of amides is 2. The molecule has 3 rings (SSSR count). The standard InChI is InChI=1S/C28H36F3N3O4/c1-4-8-25(35)34-13-11-21-16-20(17-22(26(21)34)27(36)32-5-2)15-19(3)33-12-14-37-23-9-6-7-10-24(23)38-18-28(29,30)31/h6-7,9-10,16-17,19,33H,4-5,8,11-15,18H2,1-3H3,(H,32,36). The molecule has 0 saturated carbocycles. The van der Waals surface area contributed by atoms with Gasteiger partial charge in [0.25, 0.3) is 5.91 Å². The maximum Gasteiger partial charge on any atom is 0.422 e. The van der Waals surface area contributed by atoms with Gasteiger partial charge < -0.3 is 25.0 Å². The van der Waals surface area contributed by atoms with Crippen molar-refractivity contribution in [2.45, 2.75) is 58.7 Å². The zero-order chi connectivity index (χ0) is 27.7. The number of benzene rings is 2. The van der Waals surface area contributed by atoms with Crippen LogP contribution in [0.2, 0.25) is 0 Å². The van der Waals surface area contributed by atoms with Crippen molar-refractivity contribution >= 4 is 17.5 Å². The Labute approximate surface area is 221 Å². The van der Waals surface area contributed by atoms with Crippen molar-refractivity contribution in [2.24, 2.45) is 0 Å². The van der Waals surface area contributed by atoms with E-state index in [2.05, 4.69) is 16.7 Å². The lowest BCUT2D eigenvalue weighted by Gasteiger charge is -2.21. The number of fused-ring (bicyclic) bond motifs is 1. The molecule has 1 aliphatic rings. The number of hydrogen-bond donors (Lipinski definition) is 2. The Kier molecular flexibility index (Phi) is 10.4. The summed E-state index contributed by atoms with van der Waals surface area (Å²) in [6.07, 6.45) is -1.89. The minimum absolute atomic E-state index is 0.0324. The second kappa shape index (κ2) is 13.5. The van der Waals surface area contributed by atoms with Gasteiger partial charge in [0, 0.05) is 32.1 Å². The first-order valence-corrected chi connectivity index (χ1v) is 13.0. The topological polar surface area (TPSA) is 79.9 Å². The Hall–Kier alpha value is -3.27. The number of nitrogens with one attached hydrogen (secondary N) is 2. The molecule has 7 nitrogen and oxygen atoms in total. The van der Waals surface area contributed by atoms with Crippen molar-refractivity contribution in [3.63, 3.8) is 0 Å². The van der Waals surface area contributed by atoms with E-state index >= 15 is 0 Å². The molecule has 2 amide bonds. The maximum absolute atomic E-state index is 12.9. The number of nitrogens with zero attached hydrogens (tertiary/aromatic N) is 1. The van der Waals surface area contributed by atoms with Gasteiger partial charge in [-0.1, -0.05) is 25.1 Å². The number of halogens is 3. The first kappa shape index (κ1) is 29.3. The van der Waals surface area contributed by atoms with Crippen molar-refractivity contribution in [2.75, 3.05) is 37.7 Å². The maximum atomic E-state index is 12.9. The summed E-state index contributed by atoms with van der Waals surface area (Å²) in [6.45, 7) is 6.20. The third-order valence-electron chi connectivity index (χ3n) is 6.10. The molecular weight excluding hydrogens is 499 g/mol. The van der Waals surface area contributed by atoms with E-state index < -0.39 is 12.8 Å². The van der Waals surface area contributed by atoms with Gasteiger partial charge in [0.15, 0.2) is 18.1 Å². The Morgan fingerprint density at radius 3 is 2.47 bits per heavy atom. The second-order valence-electron chi connectivity index (χ2n) is 9.31. The van der Waals surface area contributed by atoms with Crippen LogP contribution in [0.25, 0.3) is 0 Å². The molecule has 208 valence electrons. The van der Waals surface area contributed by atoms with E-state index in [9.17, 15) is 22.8 Å². The third kappa shape index (κ3) is 8.11. The van der Waals surface area contributed by atoms with E-state index in [1.165, 1.54) is 6.07 Å². The molecule has 0 fully saturated rings. The van der Waals surface area contributed by atoms with E-state index in [0.29, 0.717) is 44.5 Å². The van der Waals surface area contributed by atoms with Gasteiger partial charge in [0.1, 0.15) is 6.61 Å². The van der Waals surface area contributed by atoms with E-state index in [0.717, 1.165) is 23.2 Å². The summed E-state index contributed by atoms with van der Waals surface area (Å²) in [5, 5.41) is 6.21. The number of alkyl halides is 3. The molecule has 0 bridgehead atoms. The summed E-state index contributed by atoms with van der Waals surface area (Å²) in [7, 11) is 0. The van der Waals surface area contributed by atoms with Gasteiger partial charge >= 0.3 is 6.18 Å². The Balaban J connectivity index is 1.61. The van der Waals surface area contributed by atoms with E-state index in [-0.39, 0.29) is 36.0 Å². The van der Waals surface area contributed by atoms with E-state index in [1.807, 2.05) is 26.8 Å². The van der Waals surface area contributed by atoms with Crippen molar-refractivity contribution in [3.05, 3.63) is 53.1 Å². The van der Waals surface area contributed by atoms with Gasteiger partial charge in [-0.2, -0.15) is 13.2 Å². The van der Waals surface area contributed by atoms with Crippen molar-refractivity contribution in [1.29, 1.82) is 0 Å². The SMILES string of the molecule is CCCC(=O)N1CCc2cc(CC(C)NCCOc3ccccc3OCC(F)(F)F)cc(C(=O)NCC)c21. The van der Waals surface area contributed by atoms with E-state index in [4.69, 9.17) is 9.47 Å². The molecule has 1 atom stereocenters. The molecular formula is C28H36F3N3O4. The lowest BCUT2D eigenvalue weighted by Crippen LogP contribution is -2.33. The normalized spacial score (nSPS) is 13.7. The van der Waals surface area contributed by atoms with Crippen LogP contribution >= 0.6 is 0 Å². The molecule has 1 heterocycles. The van der Waals surface area contributed by atoms with Crippen LogP contribution in [0, 0.1) is 0 Å². The molecule has 2 N–H and O–H groups in total. The van der Waals surface area contributed by atoms with Gasteiger partial charge in [-0.15, -0.1) is 0 Å². The average Bonchev–Trinajstić information content (AvgIpc) is 3.29. The van der Waals surface area contributed by atoms with Gasteiger partial charge in [-0.25, -0.2) is 0 Å². The lowest BCUT2D eigenvalue weighted by molar-refractivity contribution is -0.153. The zero-order valence-electron chi connectivity index (χ0n) is 22.1. The van der Waals surface area contributed by atoms with Crippen molar-refractivity contribution in [1.82, 2.24) is 10.6 Å². The summed E-state index contributed by atoms with van der Waals surface area (Å²) in [5.41, 5.74) is 3.23. The molecule has 0 radical (unpaired) electrons. The largest absolute Gasteiger partial charge is 0.488 e. The molecule has 1 unspecified atom stereocenters. The third-order valence-corrected chi connectivity index (χ3v) is 6.10. The monoisotopic (exact) mass is 535 g/mol. The average molecular weight is 536 g/mol. The number of ether oxygens (including phenoxy) is 2. The molecule has 2 aromatic carbocycles. The fraction of sp³-hybridized carbons (Fsp3) is 0.500. The van der Waals surface area contributed by atoms with Gasteiger partial charge in [0.05, 0.1) is 11.3 Å². The van der Waals surface area contributed by atoms with E-state index in [1.54, 1.807) is 23.1 Å². The summed E-state index contributed by atoms with van der Waals surface area (Å²) in [4.78, 5) is 27.3. The fourth-order valence-electron chi connectivity index (χ4n) is 4.50. The quantitative estimate of drug-likeness (QED) is 0.365. The van der Waals surface area contributed by atoms with Crippen molar-refractivity contribution in [3.8, 4) is 11.5 Å². The summed E-state index contributed by atoms with van der Waals surface area (Å²) < 4.78 is 48.0. The van der Waals surface area contributed by atoms with Crippen molar-refractivity contribution < 1.29 is 32.2 Å². The molecule has 38 heavy (non-hydrogen) atoms. The Bertz CT molecular complexity index is 1110. The van der Waals surface area contributed by atoms with Gasteiger partial charge in [0.2, 0.25) is 5.91 Å². The molecule has 0 aromatic heterocycles. The second-order valence-corrected chi connectivity index (χ2v) is 9.31. The molecule has 2 aromatic rings. The number of carbonyl (C=O) groups excluding carboxylic acids is 2. The van der Waals surface area contributed by atoms with Crippen LogP contribution in [0.3, 0.4) is 0 Å². The summed E-state index contributed by atoms with van der Waals surface area (Å²) in [6, 6.07) is 10.2. The number of rotatable bonds is 13. The number of anilines is 1. The molecule has 1 aliphatic heterocycles. The highest BCUT2D eigenvalue weighted by Gasteiger charge is 2.30. The first-order valence-electron chi connectivity index (χ1n) is 13.0. The highest BCUT2D eigenvalue weighted by molar-refractivity contribution is 6.06. The minimum atomic E-state index is -4.43. The van der Waals surface area contributed by atoms with Gasteiger partial charge in [-0.05, 0) is 62.4 Å².